The van der Waals surface area contributed by atoms with Crippen LogP contribution in [0.1, 0.15) is 25.0 Å². The molecule has 4 nitrogen and oxygen atoms in total. The van der Waals surface area contributed by atoms with Crippen molar-refractivity contribution in [1.82, 2.24) is 14.5 Å². The first-order chi connectivity index (χ1) is 23.1. The molecule has 9 aromatic rings. The molecular weight excluding hydrogens is 574 g/mol. The Bertz CT molecular complexity index is 2710. The lowest BCUT2D eigenvalue weighted by Gasteiger charge is -2.21. The summed E-state index contributed by atoms with van der Waals surface area (Å²) in [4.78, 5) is 10.4. The van der Waals surface area contributed by atoms with Gasteiger partial charge in [0.1, 0.15) is 16.8 Å². The molecule has 0 radical (unpaired) electrons. The second-order valence-corrected chi connectivity index (χ2v) is 13.0. The summed E-state index contributed by atoms with van der Waals surface area (Å²) in [6.07, 6.45) is 0. The monoisotopic (exact) mass is 603 g/mol. The summed E-state index contributed by atoms with van der Waals surface area (Å²) in [6, 6.07) is 49.2. The predicted molar refractivity (Wildman–Crippen MR) is 192 cm³/mol. The highest BCUT2D eigenvalue weighted by atomic mass is 16.3. The fraction of sp³-hybridized carbons (Fsp3) is 0.0698. The third-order valence-electron chi connectivity index (χ3n) is 10.0. The summed E-state index contributed by atoms with van der Waals surface area (Å²) in [7, 11) is 0. The number of nitrogens with zero attached hydrogens (tertiary/aromatic N) is 3. The second-order valence-electron chi connectivity index (χ2n) is 13.0. The number of para-hydroxylation sites is 3. The molecule has 0 N–H and O–H groups in total. The quantitative estimate of drug-likeness (QED) is 0.202. The minimum absolute atomic E-state index is 0.113. The largest absolute Gasteiger partial charge is 0.452 e. The van der Waals surface area contributed by atoms with Crippen LogP contribution in [0.4, 0.5) is 0 Å². The van der Waals surface area contributed by atoms with E-state index in [0.717, 1.165) is 44.5 Å². The van der Waals surface area contributed by atoms with Crippen LogP contribution in [0, 0.1) is 0 Å². The van der Waals surface area contributed by atoms with E-state index >= 15 is 0 Å². The fourth-order valence-corrected chi connectivity index (χ4v) is 7.85. The van der Waals surface area contributed by atoms with E-state index in [1.165, 1.54) is 38.5 Å². The number of rotatable bonds is 3. The Morgan fingerprint density at radius 2 is 1.28 bits per heavy atom. The highest BCUT2D eigenvalue weighted by molar-refractivity contribution is 6.16. The van der Waals surface area contributed by atoms with Gasteiger partial charge in [-0.1, -0.05) is 129 Å². The fourth-order valence-electron chi connectivity index (χ4n) is 7.85. The maximum Gasteiger partial charge on any atom is 0.180 e. The molecule has 0 aliphatic heterocycles. The van der Waals surface area contributed by atoms with Gasteiger partial charge in [-0.05, 0) is 41.0 Å². The molecule has 3 aromatic heterocycles. The van der Waals surface area contributed by atoms with Crippen molar-refractivity contribution in [3.8, 4) is 39.5 Å². The zero-order valence-electron chi connectivity index (χ0n) is 26.0. The van der Waals surface area contributed by atoms with Gasteiger partial charge in [0.15, 0.2) is 11.4 Å². The van der Waals surface area contributed by atoms with Gasteiger partial charge in [0.25, 0.3) is 0 Å². The van der Waals surface area contributed by atoms with Crippen LogP contribution in [0.5, 0.6) is 0 Å². The lowest BCUT2D eigenvalue weighted by atomic mass is 9.82. The van der Waals surface area contributed by atoms with Crippen LogP contribution in [0.2, 0.25) is 0 Å². The maximum atomic E-state index is 6.59. The van der Waals surface area contributed by atoms with E-state index in [2.05, 4.69) is 122 Å². The molecule has 3 heterocycles. The number of hydrogen-bond acceptors (Lipinski definition) is 3. The first-order valence-electron chi connectivity index (χ1n) is 16.1. The Morgan fingerprint density at radius 1 is 0.574 bits per heavy atom. The van der Waals surface area contributed by atoms with Gasteiger partial charge in [0.2, 0.25) is 0 Å². The molecule has 10 rings (SSSR count). The molecule has 4 heteroatoms. The van der Waals surface area contributed by atoms with Crippen LogP contribution in [-0.2, 0) is 5.41 Å². The molecule has 0 fully saturated rings. The number of furan rings is 1. The van der Waals surface area contributed by atoms with Gasteiger partial charge in [0, 0.05) is 38.3 Å². The van der Waals surface area contributed by atoms with E-state index in [1.807, 2.05) is 36.4 Å². The van der Waals surface area contributed by atoms with Gasteiger partial charge in [-0.3, -0.25) is 0 Å². The first kappa shape index (κ1) is 26.2. The highest BCUT2D eigenvalue weighted by Crippen LogP contribution is 2.53. The minimum atomic E-state index is -0.113. The van der Waals surface area contributed by atoms with Crippen molar-refractivity contribution < 1.29 is 4.42 Å². The van der Waals surface area contributed by atoms with Crippen LogP contribution in [-0.4, -0.2) is 14.5 Å². The number of fused-ring (bicyclic) bond motifs is 10. The molecule has 1 aliphatic rings. The van der Waals surface area contributed by atoms with Crippen molar-refractivity contribution >= 4 is 43.9 Å². The summed E-state index contributed by atoms with van der Waals surface area (Å²) < 4.78 is 9.04. The Labute approximate surface area is 271 Å². The number of aromatic nitrogens is 3. The van der Waals surface area contributed by atoms with Gasteiger partial charge in [-0.25, -0.2) is 9.97 Å². The van der Waals surface area contributed by atoms with Crippen LogP contribution in [0.25, 0.3) is 83.3 Å². The predicted octanol–water partition coefficient (Wildman–Crippen LogP) is 11.1. The third-order valence-corrected chi connectivity index (χ3v) is 10.0. The summed E-state index contributed by atoms with van der Waals surface area (Å²) >= 11 is 0. The Kier molecular flexibility index (Phi) is 5.31. The van der Waals surface area contributed by atoms with E-state index in [0.29, 0.717) is 11.4 Å². The Hall–Kier alpha value is -6.00. The molecule has 0 saturated carbocycles. The molecule has 1 aliphatic carbocycles. The smallest absolute Gasteiger partial charge is 0.180 e. The van der Waals surface area contributed by atoms with Crippen LogP contribution >= 0.6 is 0 Å². The molecule has 0 amide bonds. The van der Waals surface area contributed by atoms with E-state index < -0.39 is 0 Å². The molecule has 6 aromatic carbocycles. The SMILES string of the molecule is CC1(C)c2ccccc2-c2c1ccc1c3ccccc3n(-c3ccccc3-c3nc(-c4ccccc4)nc4c3oc3ccccc34)c21. The third kappa shape index (κ3) is 3.58. The molecular formula is C43H29N3O. The summed E-state index contributed by atoms with van der Waals surface area (Å²) in [6.45, 7) is 4.68. The first-order valence-corrected chi connectivity index (χ1v) is 16.1. The van der Waals surface area contributed by atoms with Crippen molar-refractivity contribution in [3.63, 3.8) is 0 Å². The maximum absolute atomic E-state index is 6.59. The minimum Gasteiger partial charge on any atom is -0.452 e. The molecule has 0 bridgehead atoms. The van der Waals surface area contributed by atoms with Gasteiger partial charge in [-0.15, -0.1) is 0 Å². The average molecular weight is 604 g/mol. The lowest BCUT2D eigenvalue weighted by molar-refractivity contribution is 0.661. The van der Waals surface area contributed by atoms with Crippen LogP contribution < -0.4 is 0 Å². The standard InChI is InChI=1S/C43H29N3O/c1-43(2)32-20-10-6-17-29(32)37-33(43)25-24-28-27-16-7-11-21-34(27)46(40(28)37)35-22-12-8-18-30(35)38-41-39(31-19-9-13-23-36(31)47-41)45-42(44-38)26-14-4-3-5-15-26/h3-25H,1-2H3. The molecule has 222 valence electrons. The van der Waals surface area contributed by atoms with Gasteiger partial charge >= 0.3 is 0 Å². The van der Waals surface area contributed by atoms with Gasteiger partial charge in [-0.2, -0.15) is 0 Å². The number of benzene rings is 6. The molecule has 0 unspecified atom stereocenters. The van der Waals surface area contributed by atoms with E-state index in [4.69, 9.17) is 14.4 Å². The van der Waals surface area contributed by atoms with E-state index in [1.54, 1.807) is 0 Å². The average Bonchev–Trinajstić information content (AvgIpc) is 3.74. The molecule has 0 atom stereocenters. The molecule has 0 saturated heterocycles. The lowest BCUT2D eigenvalue weighted by Crippen LogP contribution is -2.14. The van der Waals surface area contributed by atoms with Gasteiger partial charge < -0.3 is 8.98 Å². The normalized spacial score (nSPS) is 13.5. The summed E-state index contributed by atoms with van der Waals surface area (Å²) in [5, 5.41) is 3.45. The Balaban J connectivity index is 1.35. The van der Waals surface area contributed by atoms with Crippen molar-refractivity contribution in [2.24, 2.45) is 0 Å². The topological polar surface area (TPSA) is 43.9 Å². The van der Waals surface area contributed by atoms with Crippen molar-refractivity contribution in [3.05, 3.63) is 151 Å². The Morgan fingerprint density at radius 3 is 2.15 bits per heavy atom. The van der Waals surface area contributed by atoms with Gasteiger partial charge in [0.05, 0.1) is 16.7 Å². The summed E-state index contributed by atoms with van der Waals surface area (Å²) in [5.41, 5.74) is 13.7. The van der Waals surface area contributed by atoms with E-state index in [-0.39, 0.29) is 5.41 Å². The summed E-state index contributed by atoms with van der Waals surface area (Å²) in [5.74, 6) is 0.674. The van der Waals surface area contributed by atoms with Crippen molar-refractivity contribution in [2.75, 3.05) is 0 Å². The van der Waals surface area contributed by atoms with Crippen molar-refractivity contribution in [1.29, 1.82) is 0 Å². The molecule has 0 spiro atoms. The number of hydrogen-bond donors (Lipinski definition) is 0. The zero-order valence-corrected chi connectivity index (χ0v) is 26.0. The zero-order chi connectivity index (χ0) is 31.3. The van der Waals surface area contributed by atoms with Crippen LogP contribution in [0.3, 0.4) is 0 Å². The second kappa shape index (κ2) is 9.51. The van der Waals surface area contributed by atoms with Crippen molar-refractivity contribution in [2.45, 2.75) is 19.3 Å². The molecule has 47 heavy (non-hydrogen) atoms. The van der Waals surface area contributed by atoms with Crippen LogP contribution in [0.15, 0.2) is 144 Å². The highest BCUT2D eigenvalue weighted by Gasteiger charge is 2.37. The van der Waals surface area contributed by atoms with E-state index in [9.17, 15) is 0 Å².